The Balaban J connectivity index is 2.47. The third-order valence-corrected chi connectivity index (χ3v) is 2.31. The van der Waals surface area contributed by atoms with Crippen molar-refractivity contribution in [3.63, 3.8) is 0 Å². The van der Waals surface area contributed by atoms with Crippen LogP contribution in [0, 0.1) is 0 Å². The van der Waals surface area contributed by atoms with Crippen molar-refractivity contribution >= 4 is 11.7 Å². The molecule has 0 spiro atoms. The highest BCUT2D eigenvalue weighted by Crippen LogP contribution is 2.13. The molecule has 5 nitrogen and oxygen atoms in total. The average molecular weight is 238 g/mol. The normalized spacial score (nSPS) is 12.2. The van der Waals surface area contributed by atoms with E-state index in [0.717, 1.165) is 11.3 Å². The summed E-state index contributed by atoms with van der Waals surface area (Å²) in [5.41, 5.74) is 7.40. The van der Waals surface area contributed by atoms with Crippen LogP contribution in [0.4, 0.5) is 5.69 Å². The van der Waals surface area contributed by atoms with Crippen molar-refractivity contribution in [1.29, 1.82) is 0 Å². The number of hydrogen-bond acceptors (Lipinski definition) is 4. The molecule has 0 amide bonds. The molecule has 5 heteroatoms. The standard InChI is InChI=1S/C12H18N2O3/c1-14(2)10-5-3-4-9(6-10)7-17-8-11(13)12(15)16/h3-6,11H,7-8,13H2,1-2H3,(H,15,16)/t11-/m1/s1. The molecule has 0 saturated heterocycles. The van der Waals surface area contributed by atoms with Crippen LogP contribution in [0.5, 0.6) is 0 Å². The Morgan fingerprint density at radius 2 is 2.24 bits per heavy atom. The molecular formula is C12H18N2O3. The van der Waals surface area contributed by atoms with Gasteiger partial charge in [-0.1, -0.05) is 12.1 Å². The molecule has 0 fully saturated rings. The molecule has 3 N–H and O–H groups in total. The van der Waals surface area contributed by atoms with E-state index in [1.54, 1.807) is 0 Å². The highest BCUT2D eigenvalue weighted by atomic mass is 16.5. The average Bonchev–Trinajstić information content (AvgIpc) is 2.29. The first kappa shape index (κ1) is 13.5. The third kappa shape index (κ3) is 4.42. The Bertz CT molecular complexity index is 380. The number of nitrogens with zero attached hydrogens (tertiary/aromatic N) is 1. The Morgan fingerprint density at radius 1 is 1.53 bits per heavy atom. The summed E-state index contributed by atoms with van der Waals surface area (Å²) >= 11 is 0. The van der Waals surface area contributed by atoms with E-state index in [4.69, 9.17) is 15.6 Å². The first-order valence-electron chi connectivity index (χ1n) is 5.33. The lowest BCUT2D eigenvalue weighted by molar-refractivity contribution is -0.140. The van der Waals surface area contributed by atoms with Gasteiger partial charge in [0, 0.05) is 19.8 Å². The Kier molecular flexibility index (Phi) is 4.93. The van der Waals surface area contributed by atoms with Gasteiger partial charge in [0.15, 0.2) is 0 Å². The van der Waals surface area contributed by atoms with Gasteiger partial charge in [-0.15, -0.1) is 0 Å². The fourth-order valence-corrected chi connectivity index (χ4v) is 1.30. The van der Waals surface area contributed by atoms with Crippen molar-refractivity contribution in [3.05, 3.63) is 29.8 Å². The van der Waals surface area contributed by atoms with Crippen LogP contribution in [0.2, 0.25) is 0 Å². The summed E-state index contributed by atoms with van der Waals surface area (Å²) in [5, 5.41) is 8.58. The van der Waals surface area contributed by atoms with Crippen molar-refractivity contribution < 1.29 is 14.6 Å². The highest BCUT2D eigenvalue weighted by molar-refractivity contribution is 5.73. The number of hydrogen-bond donors (Lipinski definition) is 2. The molecule has 0 bridgehead atoms. The topological polar surface area (TPSA) is 75.8 Å². The smallest absolute Gasteiger partial charge is 0.322 e. The number of nitrogens with two attached hydrogens (primary N) is 1. The summed E-state index contributed by atoms with van der Waals surface area (Å²) in [6, 6.07) is 6.88. The molecule has 0 aliphatic rings. The zero-order chi connectivity index (χ0) is 12.8. The molecule has 1 aromatic carbocycles. The van der Waals surface area contributed by atoms with E-state index in [-0.39, 0.29) is 6.61 Å². The SMILES string of the molecule is CN(C)c1cccc(COC[C@@H](N)C(=O)O)c1. The summed E-state index contributed by atoms with van der Waals surface area (Å²) in [7, 11) is 3.92. The predicted molar refractivity (Wildman–Crippen MR) is 66.0 cm³/mol. The molecule has 1 aromatic rings. The number of benzene rings is 1. The number of aliphatic carboxylic acids is 1. The zero-order valence-corrected chi connectivity index (χ0v) is 10.1. The fourth-order valence-electron chi connectivity index (χ4n) is 1.30. The lowest BCUT2D eigenvalue weighted by Crippen LogP contribution is -2.34. The summed E-state index contributed by atoms with van der Waals surface area (Å²) in [6.45, 7) is 0.379. The molecule has 0 aliphatic carbocycles. The van der Waals surface area contributed by atoms with Crippen LogP contribution < -0.4 is 10.6 Å². The van der Waals surface area contributed by atoms with Gasteiger partial charge in [0.1, 0.15) is 6.04 Å². The van der Waals surface area contributed by atoms with Crippen LogP contribution >= 0.6 is 0 Å². The molecule has 0 aliphatic heterocycles. The van der Waals surface area contributed by atoms with Gasteiger partial charge in [-0.3, -0.25) is 4.79 Å². The van der Waals surface area contributed by atoms with Gasteiger partial charge in [-0.2, -0.15) is 0 Å². The highest BCUT2D eigenvalue weighted by Gasteiger charge is 2.10. The minimum Gasteiger partial charge on any atom is -0.480 e. The lowest BCUT2D eigenvalue weighted by Gasteiger charge is -2.14. The minimum atomic E-state index is -1.05. The molecule has 17 heavy (non-hydrogen) atoms. The van der Waals surface area contributed by atoms with Gasteiger partial charge in [-0.25, -0.2) is 0 Å². The van der Waals surface area contributed by atoms with Crippen molar-refractivity contribution in [2.24, 2.45) is 5.73 Å². The number of carbonyl (C=O) groups is 1. The molecule has 0 radical (unpaired) electrons. The molecule has 1 atom stereocenters. The maximum atomic E-state index is 10.5. The summed E-state index contributed by atoms with van der Waals surface area (Å²) in [6.07, 6.45) is 0. The first-order chi connectivity index (χ1) is 8.00. The van der Waals surface area contributed by atoms with Crippen LogP contribution in [0.15, 0.2) is 24.3 Å². The van der Waals surface area contributed by atoms with Gasteiger partial charge in [-0.05, 0) is 17.7 Å². The maximum Gasteiger partial charge on any atom is 0.322 e. The monoisotopic (exact) mass is 238 g/mol. The molecule has 0 heterocycles. The van der Waals surface area contributed by atoms with Crippen LogP contribution in [0.3, 0.4) is 0 Å². The van der Waals surface area contributed by atoms with E-state index >= 15 is 0 Å². The molecule has 1 rings (SSSR count). The first-order valence-corrected chi connectivity index (χ1v) is 5.33. The quantitative estimate of drug-likeness (QED) is 0.762. The van der Waals surface area contributed by atoms with E-state index in [0.29, 0.717) is 6.61 Å². The summed E-state index contributed by atoms with van der Waals surface area (Å²) in [5.74, 6) is -1.05. The van der Waals surface area contributed by atoms with Crippen LogP contribution in [-0.2, 0) is 16.1 Å². The molecule has 0 saturated carbocycles. The van der Waals surface area contributed by atoms with Gasteiger partial charge >= 0.3 is 5.97 Å². The second-order valence-corrected chi connectivity index (χ2v) is 4.02. The number of anilines is 1. The lowest BCUT2D eigenvalue weighted by atomic mass is 10.2. The van der Waals surface area contributed by atoms with Gasteiger partial charge in [0.25, 0.3) is 0 Å². The number of carboxylic acids is 1. The number of rotatable bonds is 6. The third-order valence-electron chi connectivity index (χ3n) is 2.31. The molecule has 0 unspecified atom stereocenters. The van der Waals surface area contributed by atoms with E-state index in [9.17, 15) is 4.79 Å². The maximum absolute atomic E-state index is 10.5. The van der Waals surface area contributed by atoms with Crippen molar-refractivity contribution in [2.75, 3.05) is 25.6 Å². The van der Waals surface area contributed by atoms with E-state index in [2.05, 4.69) is 0 Å². The second-order valence-electron chi connectivity index (χ2n) is 4.02. The number of carboxylic acid groups (broad SMARTS) is 1. The summed E-state index contributed by atoms with van der Waals surface area (Å²) in [4.78, 5) is 12.5. The molecular weight excluding hydrogens is 220 g/mol. The van der Waals surface area contributed by atoms with E-state index in [1.165, 1.54) is 0 Å². The summed E-state index contributed by atoms with van der Waals surface area (Å²) < 4.78 is 5.25. The van der Waals surface area contributed by atoms with Gasteiger partial charge in [0.05, 0.1) is 13.2 Å². The van der Waals surface area contributed by atoms with E-state index in [1.807, 2.05) is 43.3 Å². The van der Waals surface area contributed by atoms with Gasteiger partial charge in [0.2, 0.25) is 0 Å². The molecule has 0 aromatic heterocycles. The van der Waals surface area contributed by atoms with Crippen molar-refractivity contribution in [3.8, 4) is 0 Å². The Labute approximate surface area is 101 Å². The van der Waals surface area contributed by atoms with Crippen LogP contribution in [0.1, 0.15) is 5.56 Å². The second kappa shape index (κ2) is 6.22. The predicted octanol–water partition coefficient (Wildman–Crippen LogP) is 0.681. The van der Waals surface area contributed by atoms with Crippen molar-refractivity contribution in [2.45, 2.75) is 12.6 Å². The van der Waals surface area contributed by atoms with E-state index < -0.39 is 12.0 Å². The van der Waals surface area contributed by atoms with Gasteiger partial charge < -0.3 is 20.5 Å². The van der Waals surface area contributed by atoms with Crippen LogP contribution in [0.25, 0.3) is 0 Å². The fraction of sp³-hybridized carbons (Fsp3) is 0.417. The van der Waals surface area contributed by atoms with Crippen LogP contribution in [-0.4, -0.2) is 37.8 Å². The zero-order valence-electron chi connectivity index (χ0n) is 10.1. The minimum absolute atomic E-state index is 0.0154. The van der Waals surface area contributed by atoms with Crippen molar-refractivity contribution in [1.82, 2.24) is 0 Å². The number of ether oxygens (including phenoxy) is 1. The Morgan fingerprint density at radius 3 is 2.82 bits per heavy atom. The Hall–Kier alpha value is -1.59. The largest absolute Gasteiger partial charge is 0.480 e. The molecule has 94 valence electrons.